The van der Waals surface area contributed by atoms with Gasteiger partial charge >= 0.3 is 0 Å². The molecule has 0 saturated heterocycles. The zero-order chi connectivity index (χ0) is 15.2. The Hall–Kier alpha value is -2.07. The molecular weight excluding hydrogens is 293 g/mol. The maximum absolute atomic E-state index is 12.7. The zero-order valence-corrected chi connectivity index (χ0v) is 12.2. The highest BCUT2D eigenvalue weighted by Gasteiger charge is 2.12. The molecule has 0 heterocycles. The van der Waals surface area contributed by atoms with Crippen LogP contribution in [0.2, 0.25) is 5.02 Å². The minimum atomic E-state index is -0.348. The summed E-state index contributed by atoms with van der Waals surface area (Å²) in [6.45, 7) is 1.71. The maximum Gasteiger partial charge on any atom is 0.258 e. The molecule has 1 atom stereocenters. The Bertz CT molecular complexity index is 616. The quantitative estimate of drug-likeness (QED) is 0.914. The summed E-state index contributed by atoms with van der Waals surface area (Å²) in [5.41, 5.74) is 0.842. The lowest BCUT2D eigenvalue weighted by Crippen LogP contribution is -2.31. The number of hydrogen-bond donors (Lipinski definition) is 1. The molecule has 0 fully saturated rings. The molecule has 2 aromatic rings. The third-order valence-corrected chi connectivity index (χ3v) is 3.28. The van der Waals surface area contributed by atoms with E-state index in [2.05, 4.69) is 5.32 Å². The Kier molecular flexibility index (Phi) is 5.17. The summed E-state index contributed by atoms with van der Waals surface area (Å²) in [7, 11) is 0. The van der Waals surface area contributed by atoms with E-state index in [9.17, 15) is 9.18 Å². The molecule has 0 aromatic heterocycles. The van der Waals surface area contributed by atoms with E-state index in [-0.39, 0.29) is 24.4 Å². The van der Waals surface area contributed by atoms with Crippen molar-refractivity contribution < 1.29 is 13.9 Å². The first-order chi connectivity index (χ1) is 10.1. The van der Waals surface area contributed by atoms with Gasteiger partial charge in [-0.2, -0.15) is 0 Å². The topological polar surface area (TPSA) is 38.3 Å². The summed E-state index contributed by atoms with van der Waals surface area (Å²) in [5.74, 6) is -0.178. The molecule has 1 N–H and O–H groups in total. The van der Waals surface area contributed by atoms with Gasteiger partial charge in [0, 0.05) is 5.02 Å². The minimum Gasteiger partial charge on any atom is -0.484 e. The first kappa shape index (κ1) is 15.3. The molecular formula is C16H15ClFNO2. The maximum atomic E-state index is 12.7. The van der Waals surface area contributed by atoms with Crippen LogP contribution in [-0.2, 0) is 4.79 Å². The van der Waals surface area contributed by atoms with E-state index >= 15 is 0 Å². The van der Waals surface area contributed by atoms with Crippen molar-refractivity contribution in [3.8, 4) is 5.75 Å². The van der Waals surface area contributed by atoms with Gasteiger partial charge in [0.05, 0.1) is 6.04 Å². The van der Waals surface area contributed by atoms with E-state index in [1.54, 1.807) is 6.07 Å². The molecule has 0 aliphatic rings. The Labute approximate surface area is 127 Å². The summed E-state index contributed by atoms with van der Waals surface area (Å²) >= 11 is 6.07. The van der Waals surface area contributed by atoms with Gasteiger partial charge in [-0.05, 0) is 42.8 Å². The van der Waals surface area contributed by atoms with Crippen molar-refractivity contribution in [3.05, 3.63) is 64.9 Å². The molecule has 0 aliphatic heterocycles. The van der Waals surface area contributed by atoms with Gasteiger partial charge in [0.15, 0.2) is 6.61 Å². The summed E-state index contributed by atoms with van der Waals surface area (Å²) in [5, 5.41) is 3.40. The molecule has 1 amide bonds. The molecule has 0 radical (unpaired) electrons. The smallest absolute Gasteiger partial charge is 0.258 e. The van der Waals surface area contributed by atoms with Gasteiger partial charge < -0.3 is 10.1 Å². The van der Waals surface area contributed by atoms with Crippen LogP contribution in [0.15, 0.2) is 48.5 Å². The highest BCUT2D eigenvalue weighted by atomic mass is 35.5. The van der Waals surface area contributed by atoms with Crippen LogP contribution in [-0.4, -0.2) is 12.5 Å². The molecule has 110 valence electrons. The summed E-state index contributed by atoms with van der Waals surface area (Å²) < 4.78 is 18.0. The van der Waals surface area contributed by atoms with E-state index in [1.807, 2.05) is 25.1 Å². The first-order valence-corrected chi connectivity index (χ1v) is 6.86. The third-order valence-electron chi connectivity index (χ3n) is 2.93. The van der Waals surface area contributed by atoms with Crippen molar-refractivity contribution in [1.29, 1.82) is 0 Å². The van der Waals surface area contributed by atoms with Crippen LogP contribution in [0.4, 0.5) is 4.39 Å². The normalized spacial score (nSPS) is 11.8. The summed E-state index contributed by atoms with van der Waals surface area (Å²) in [6, 6.07) is 12.6. The molecule has 0 bridgehead atoms. The number of halogens is 2. The fourth-order valence-corrected chi connectivity index (χ4v) is 2.17. The number of amides is 1. The second-order valence-electron chi connectivity index (χ2n) is 4.55. The van der Waals surface area contributed by atoms with Gasteiger partial charge in [-0.15, -0.1) is 0 Å². The fourth-order valence-electron chi connectivity index (χ4n) is 1.87. The van der Waals surface area contributed by atoms with Crippen LogP contribution >= 0.6 is 11.6 Å². The van der Waals surface area contributed by atoms with Crippen LogP contribution in [0.3, 0.4) is 0 Å². The summed E-state index contributed by atoms with van der Waals surface area (Å²) in [6.07, 6.45) is 0. The Morgan fingerprint density at radius 2 is 1.90 bits per heavy atom. The molecule has 0 spiro atoms. The lowest BCUT2D eigenvalue weighted by Gasteiger charge is -2.16. The predicted octanol–water partition coefficient (Wildman–Crippen LogP) is 3.74. The lowest BCUT2D eigenvalue weighted by molar-refractivity contribution is -0.123. The van der Waals surface area contributed by atoms with E-state index in [0.29, 0.717) is 10.8 Å². The van der Waals surface area contributed by atoms with E-state index in [0.717, 1.165) is 5.56 Å². The number of rotatable bonds is 5. The Morgan fingerprint density at radius 1 is 1.24 bits per heavy atom. The number of benzene rings is 2. The highest BCUT2D eigenvalue weighted by molar-refractivity contribution is 6.31. The number of ether oxygens (including phenoxy) is 1. The van der Waals surface area contributed by atoms with Crippen LogP contribution < -0.4 is 10.1 Å². The molecule has 3 nitrogen and oxygen atoms in total. The molecule has 0 saturated carbocycles. The van der Waals surface area contributed by atoms with Gasteiger partial charge in [0.25, 0.3) is 5.91 Å². The van der Waals surface area contributed by atoms with Crippen LogP contribution in [0, 0.1) is 5.82 Å². The molecule has 21 heavy (non-hydrogen) atoms. The average Bonchev–Trinajstić information content (AvgIpc) is 2.47. The van der Waals surface area contributed by atoms with Gasteiger partial charge in [-0.3, -0.25) is 4.79 Å². The predicted molar refractivity (Wildman–Crippen MR) is 79.9 cm³/mol. The van der Waals surface area contributed by atoms with Crippen molar-refractivity contribution in [2.75, 3.05) is 6.61 Å². The summed E-state index contributed by atoms with van der Waals surface area (Å²) in [4.78, 5) is 11.8. The Morgan fingerprint density at radius 3 is 2.57 bits per heavy atom. The van der Waals surface area contributed by atoms with Crippen molar-refractivity contribution >= 4 is 17.5 Å². The van der Waals surface area contributed by atoms with Gasteiger partial charge in [-0.25, -0.2) is 4.39 Å². The molecule has 2 rings (SSSR count). The van der Waals surface area contributed by atoms with Crippen LogP contribution in [0.5, 0.6) is 5.75 Å². The van der Waals surface area contributed by atoms with Crippen molar-refractivity contribution in [2.24, 2.45) is 0 Å². The van der Waals surface area contributed by atoms with Crippen molar-refractivity contribution in [1.82, 2.24) is 5.32 Å². The Balaban J connectivity index is 1.87. The second-order valence-corrected chi connectivity index (χ2v) is 4.96. The van der Waals surface area contributed by atoms with E-state index in [1.165, 1.54) is 24.3 Å². The van der Waals surface area contributed by atoms with E-state index < -0.39 is 0 Å². The minimum absolute atomic E-state index is 0.138. The number of hydrogen-bond acceptors (Lipinski definition) is 2. The fraction of sp³-hybridized carbons (Fsp3) is 0.188. The van der Waals surface area contributed by atoms with Gasteiger partial charge in [0.2, 0.25) is 0 Å². The highest BCUT2D eigenvalue weighted by Crippen LogP contribution is 2.22. The van der Waals surface area contributed by atoms with Gasteiger partial charge in [-0.1, -0.05) is 29.8 Å². The van der Waals surface area contributed by atoms with Crippen LogP contribution in [0.1, 0.15) is 18.5 Å². The third kappa shape index (κ3) is 4.46. The second kappa shape index (κ2) is 7.09. The SMILES string of the molecule is CC(NC(=O)COc1ccc(F)cc1)c1ccccc1Cl. The van der Waals surface area contributed by atoms with E-state index in [4.69, 9.17) is 16.3 Å². The molecule has 0 aliphatic carbocycles. The zero-order valence-electron chi connectivity index (χ0n) is 11.5. The van der Waals surface area contributed by atoms with Gasteiger partial charge in [0.1, 0.15) is 11.6 Å². The number of nitrogens with one attached hydrogen (secondary N) is 1. The molecule has 2 aromatic carbocycles. The van der Waals surface area contributed by atoms with Crippen molar-refractivity contribution in [2.45, 2.75) is 13.0 Å². The number of carbonyl (C=O) groups excluding carboxylic acids is 1. The number of carbonyl (C=O) groups is 1. The molecule has 1 unspecified atom stereocenters. The van der Waals surface area contributed by atoms with Crippen LogP contribution in [0.25, 0.3) is 0 Å². The van der Waals surface area contributed by atoms with Crippen molar-refractivity contribution in [3.63, 3.8) is 0 Å². The standard InChI is InChI=1S/C16H15ClFNO2/c1-11(14-4-2-3-5-15(14)17)19-16(20)10-21-13-8-6-12(18)7-9-13/h2-9,11H,10H2,1H3,(H,19,20). The molecule has 5 heteroatoms. The lowest BCUT2D eigenvalue weighted by atomic mass is 10.1. The largest absolute Gasteiger partial charge is 0.484 e. The average molecular weight is 308 g/mol. The first-order valence-electron chi connectivity index (χ1n) is 6.48. The monoisotopic (exact) mass is 307 g/mol.